The van der Waals surface area contributed by atoms with Gasteiger partial charge < -0.3 is 14.2 Å². The van der Waals surface area contributed by atoms with Crippen LogP contribution in [0.1, 0.15) is 48.8 Å². The second-order valence-electron chi connectivity index (χ2n) is 7.63. The largest absolute Gasteiger partial charge is 0.493 e. The molecule has 0 saturated carbocycles. The number of carbonyl (C=O) groups is 1. The zero-order chi connectivity index (χ0) is 22.0. The van der Waals surface area contributed by atoms with Gasteiger partial charge in [0.25, 0.3) is 5.56 Å². The number of ether oxygens (including phenoxy) is 3. The van der Waals surface area contributed by atoms with E-state index in [-0.39, 0.29) is 24.0 Å². The highest BCUT2D eigenvalue weighted by Gasteiger charge is 2.23. The van der Waals surface area contributed by atoms with Crippen LogP contribution in [0.25, 0.3) is 10.8 Å². The number of aryl methyl sites for hydroxylation is 1. The molecule has 0 N–H and O–H groups in total. The Bertz CT molecular complexity index is 1180. The minimum atomic E-state index is -0.585. The van der Waals surface area contributed by atoms with Crippen molar-refractivity contribution in [3.05, 3.63) is 63.6 Å². The first-order valence-corrected chi connectivity index (χ1v) is 10.6. The fourth-order valence-corrected chi connectivity index (χ4v) is 3.85. The Morgan fingerprint density at radius 2 is 2.00 bits per heavy atom. The van der Waals surface area contributed by atoms with Crippen molar-refractivity contribution < 1.29 is 19.0 Å². The first kappa shape index (κ1) is 20.9. The zero-order valence-electron chi connectivity index (χ0n) is 18.0. The van der Waals surface area contributed by atoms with E-state index in [1.54, 1.807) is 24.3 Å². The van der Waals surface area contributed by atoms with Gasteiger partial charge in [-0.1, -0.05) is 25.1 Å². The molecule has 0 unspecified atom stereocenters. The molecule has 0 amide bonds. The van der Waals surface area contributed by atoms with Crippen LogP contribution in [-0.2, 0) is 24.3 Å². The van der Waals surface area contributed by atoms with Crippen molar-refractivity contribution in [3.8, 4) is 11.5 Å². The molecule has 4 rings (SSSR count). The summed E-state index contributed by atoms with van der Waals surface area (Å²) in [6.07, 6.45) is 1.66. The molecule has 0 spiro atoms. The van der Waals surface area contributed by atoms with Crippen LogP contribution in [0.4, 0.5) is 0 Å². The lowest BCUT2D eigenvalue weighted by Gasteiger charge is -2.14. The van der Waals surface area contributed by atoms with E-state index in [4.69, 9.17) is 14.2 Å². The Morgan fingerprint density at radius 1 is 1.23 bits per heavy atom. The number of hydrogen-bond donors (Lipinski definition) is 0. The number of rotatable bonds is 7. The van der Waals surface area contributed by atoms with E-state index < -0.39 is 5.97 Å². The lowest BCUT2D eigenvalue weighted by atomic mass is 10.1. The molecule has 31 heavy (non-hydrogen) atoms. The molecule has 0 saturated heterocycles. The summed E-state index contributed by atoms with van der Waals surface area (Å²) in [6, 6.07) is 10.8. The number of fused-ring (bicyclic) bond motifs is 2. The third kappa shape index (κ3) is 4.13. The molecule has 0 aliphatic carbocycles. The minimum absolute atomic E-state index is 0.0160. The van der Waals surface area contributed by atoms with Crippen molar-refractivity contribution in [2.24, 2.45) is 0 Å². The summed E-state index contributed by atoms with van der Waals surface area (Å²) in [7, 11) is 0. The van der Waals surface area contributed by atoms with Crippen LogP contribution in [0.15, 0.2) is 41.2 Å². The lowest BCUT2D eigenvalue weighted by Crippen LogP contribution is -2.26. The Hall–Kier alpha value is -3.35. The molecule has 7 nitrogen and oxygen atoms in total. The van der Waals surface area contributed by atoms with Gasteiger partial charge in [-0.2, -0.15) is 5.10 Å². The fourth-order valence-electron chi connectivity index (χ4n) is 3.85. The maximum absolute atomic E-state index is 13.0. The van der Waals surface area contributed by atoms with Crippen LogP contribution in [0.3, 0.4) is 0 Å². The normalized spacial score (nSPS) is 14.9. The van der Waals surface area contributed by atoms with Crippen molar-refractivity contribution in [1.29, 1.82) is 0 Å². The molecule has 162 valence electrons. The molecule has 3 aromatic rings. The molecule has 0 bridgehead atoms. The highest BCUT2D eigenvalue weighted by atomic mass is 16.5. The van der Waals surface area contributed by atoms with Gasteiger partial charge in [0.05, 0.1) is 12.0 Å². The molecule has 1 aliphatic rings. The Kier molecular flexibility index (Phi) is 5.93. The summed E-state index contributed by atoms with van der Waals surface area (Å²) in [5.74, 6) is 0.890. The fraction of sp³-hybridized carbons (Fsp3) is 0.375. The summed E-state index contributed by atoms with van der Waals surface area (Å²) < 4.78 is 18.5. The lowest BCUT2D eigenvalue weighted by molar-refractivity contribution is 0.0461. The van der Waals surface area contributed by atoms with Gasteiger partial charge in [0.1, 0.15) is 24.2 Å². The molecule has 0 fully saturated rings. The highest BCUT2D eigenvalue weighted by Crippen LogP contribution is 2.35. The Balaban J connectivity index is 1.64. The topological polar surface area (TPSA) is 79.7 Å². The summed E-state index contributed by atoms with van der Waals surface area (Å²) in [4.78, 5) is 25.6. The number of aromatic nitrogens is 2. The molecular formula is C24H26N2O5. The SMILES string of the molecule is CCCn1nc(C(=O)OCc2cc3c(cc2OCC)C[C@H](C)O3)c2ccccc2c1=O. The van der Waals surface area contributed by atoms with Crippen molar-refractivity contribution in [2.75, 3.05) is 6.61 Å². The molecule has 1 aliphatic heterocycles. The molecular weight excluding hydrogens is 396 g/mol. The maximum atomic E-state index is 13.0. The standard InChI is InChI=1S/C24H26N2O5/c1-4-10-26-23(27)19-9-7-6-8-18(19)22(25-26)24(28)30-14-17-13-21-16(11-15(3)31-21)12-20(17)29-5-2/h6-9,12-13,15H,4-5,10-11,14H2,1-3H3/t15-/m0/s1. The van der Waals surface area contributed by atoms with Crippen LogP contribution in [0, 0.1) is 0 Å². The molecule has 1 aromatic heterocycles. The third-order valence-electron chi connectivity index (χ3n) is 5.23. The van der Waals surface area contributed by atoms with E-state index in [1.807, 2.05) is 32.9 Å². The van der Waals surface area contributed by atoms with E-state index >= 15 is 0 Å². The average Bonchev–Trinajstić information content (AvgIpc) is 3.13. The predicted molar refractivity (Wildman–Crippen MR) is 117 cm³/mol. The first-order valence-electron chi connectivity index (χ1n) is 10.6. The molecule has 2 heterocycles. The molecule has 7 heteroatoms. The van der Waals surface area contributed by atoms with Gasteiger partial charge in [0.2, 0.25) is 0 Å². The molecule has 0 radical (unpaired) electrons. The molecule has 2 aromatic carbocycles. The van der Waals surface area contributed by atoms with E-state index in [0.717, 1.165) is 29.7 Å². The van der Waals surface area contributed by atoms with Crippen molar-refractivity contribution in [1.82, 2.24) is 9.78 Å². The maximum Gasteiger partial charge on any atom is 0.359 e. The minimum Gasteiger partial charge on any atom is -0.493 e. The van der Waals surface area contributed by atoms with Crippen molar-refractivity contribution >= 4 is 16.7 Å². The number of hydrogen-bond acceptors (Lipinski definition) is 6. The van der Waals surface area contributed by atoms with E-state index in [1.165, 1.54) is 4.68 Å². The van der Waals surface area contributed by atoms with Gasteiger partial charge in [-0.15, -0.1) is 0 Å². The Labute approximate surface area is 180 Å². The zero-order valence-corrected chi connectivity index (χ0v) is 18.0. The Morgan fingerprint density at radius 3 is 2.74 bits per heavy atom. The highest BCUT2D eigenvalue weighted by molar-refractivity contribution is 6.02. The summed E-state index contributed by atoms with van der Waals surface area (Å²) in [5, 5.41) is 5.24. The quantitative estimate of drug-likeness (QED) is 0.538. The van der Waals surface area contributed by atoms with Gasteiger partial charge in [0.15, 0.2) is 5.69 Å². The van der Waals surface area contributed by atoms with Gasteiger partial charge in [0, 0.05) is 29.5 Å². The van der Waals surface area contributed by atoms with Crippen molar-refractivity contribution in [2.45, 2.75) is 52.9 Å². The monoisotopic (exact) mass is 422 g/mol. The smallest absolute Gasteiger partial charge is 0.359 e. The van der Waals surface area contributed by atoms with Crippen LogP contribution in [-0.4, -0.2) is 28.5 Å². The van der Waals surface area contributed by atoms with Crippen molar-refractivity contribution in [3.63, 3.8) is 0 Å². The third-order valence-corrected chi connectivity index (χ3v) is 5.23. The summed E-state index contributed by atoms with van der Waals surface area (Å²) >= 11 is 0. The van der Waals surface area contributed by atoms with Crippen LogP contribution in [0.5, 0.6) is 11.5 Å². The summed E-state index contributed by atoms with van der Waals surface area (Å²) in [5.41, 5.74) is 1.74. The second kappa shape index (κ2) is 8.79. The number of carbonyl (C=O) groups excluding carboxylic acids is 1. The first-order chi connectivity index (χ1) is 15.0. The van der Waals surface area contributed by atoms with Gasteiger partial charge in [-0.25, -0.2) is 9.48 Å². The average molecular weight is 422 g/mol. The predicted octanol–water partition coefficient (Wildman–Crippen LogP) is 3.89. The number of benzene rings is 2. The van der Waals surface area contributed by atoms with E-state index in [0.29, 0.717) is 29.7 Å². The second-order valence-corrected chi connectivity index (χ2v) is 7.63. The van der Waals surface area contributed by atoms with Crippen LogP contribution >= 0.6 is 0 Å². The van der Waals surface area contributed by atoms with E-state index in [9.17, 15) is 9.59 Å². The summed E-state index contributed by atoms with van der Waals surface area (Å²) in [6.45, 7) is 6.83. The number of esters is 1. The van der Waals surface area contributed by atoms with E-state index in [2.05, 4.69) is 5.10 Å². The molecule has 1 atom stereocenters. The van der Waals surface area contributed by atoms with Gasteiger partial charge >= 0.3 is 5.97 Å². The van der Waals surface area contributed by atoms with Gasteiger partial charge in [-0.3, -0.25) is 4.79 Å². The van der Waals surface area contributed by atoms with Crippen LogP contribution < -0.4 is 15.0 Å². The van der Waals surface area contributed by atoms with Gasteiger partial charge in [-0.05, 0) is 38.5 Å². The number of nitrogens with zero attached hydrogens (tertiary/aromatic N) is 2. The van der Waals surface area contributed by atoms with Crippen LogP contribution in [0.2, 0.25) is 0 Å².